The van der Waals surface area contributed by atoms with Crippen molar-refractivity contribution in [2.45, 2.75) is 0 Å². The minimum atomic E-state index is -0.703. The van der Waals surface area contributed by atoms with Gasteiger partial charge in [0.25, 0.3) is 5.91 Å². The van der Waals surface area contributed by atoms with Crippen LogP contribution in [0.4, 0.5) is 0 Å². The molecule has 0 radical (unpaired) electrons. The van der Waals surface area contributed by atoms with Crippen LogP contribution in [0.2, 0.25) is 0 Å². The number of rotatable bonds is 2. The molecule has 1 aromatic carbocycles. The average Bonchev–Trinajstić information content (AvgIpc) is 2.52. The zero-order valence-electron chi connectivity index (χ0n) is 7.99. The fourth-order valence-corrected chi connectivity index (χ4v) is 1.76. The Kier molecular flexibility index (Phi) is 2.01. The molecule has 1 aliphatic carbocycles. The summed E-state index contributed by atoms with van der Waals surface area (Å²) in [7, 11) is 0. The predicted molar refractivity (Wildman–Crippen MR) is 57.1 cm³/mol. The number of ketones is 1. The van der Waals surface area contributed by atoms with E-state index in [1.165, 1.54) is 6.08 Å². The molecular formula is C12H9NO2. The van der Waals surface area contributed by atoms with Gasteiger partial charge in [-0.25, -0.2) is 0 Å². The monoisotopic (exact) mass is 199 g/mol. The van der Waals surface area contributed by atoms with Gasteiger partial charge in [0.1, 0.15) is 0 Å². The first-order valence-electron chi connectivity index (χ1n) is 4.47. The van der Waals surface area contributed by atoms with Gasteiger partial charge in [-0.05, 0) is 11.1 Å². The Morgan fingerprint density at radius 3 is 2.40 bits per heavy atom. The molecule has 0 fully saturated rings. The van der Waals surface area contributed by atoms with E-state index in [0.29, 0.717) is 11.1 Å². The lowest BCUT2D eigenvalue weighted by atomic mass is 10.1. The molecule has 3 nitrogen and oxygen atoms in total. The fraction of sp³-hybridized carbons (Fsp3) is 0. The van der Waals surface area contributed by atoms with Crippen molar-refractivity contribution in [3.63, 3.8) is 0 Å². The SMILES string of the molecule is C=CC1=C(C(N)=O)C(=O)c2ccccc21. The molecule has 2 N–H and O–H groups in total. The third-order valence-electron chi connectivity index (χ3n) is 2.41. The van der Waals surface area contributed by atoms with Gasteiger partial charge in [0.05, 0.1) is 5.57 Å². The molecule has 15 heavy (non-hydrogen) atoms. The molecule has 1 aromatic rings. The minimum Gasteiger partial charge on any atom is -0.365 e. The second-order valence-electron chi connectivity index (χ2n) is 3.23. The van der Waals surface area contributed by atoms with Crippen molar-refractivity contribution >= 4 is 17.3 Å². The summed E-state index contributed by atoms with van der Waals surface area (Å²) < 4.78 is 0. The predicted octanol–water partition coefficient (Wildman–Crippen LogP) is 1.31. The molecule has 1 aliphatic rings. The number of primary amides is 1. The molecule has 74 valence electrons. The average molecular weight is 199 g/mol. The number of nitrogens with two attached hydrogens (primary N) is 1. The van der Waals surface area contributed by atoms with Gasteiger partial charge in [-0.15, -0.1) is 0 Å². The Labute approximate surface area is 86.9 Å². The molecule has 0 aliphatic heterocycles. The molecule has 0 aromatic heterocycles. The fourth-order valence-electron chi connectivity index (χ4n) is 1.76. The van der Waals surface area contributed by atoms with Crippen molar-refractivity contribution in [1.82, 2.24) is 0 Å². The van der Waals surface area contributed by atoms with Crippen LogP contribution in [0.25, 0.3) is 5.57 Å². The quantitative estimate of drug-likeness (QED) is 0.730. The maximum Gasteiger partial charge on any atom is 0.253 e. The minimum absolute atomic E-state index is 0.0335. The number of benzene rings is 1. The zero-order chi connectivity index (χ0) is 11.0. The molecule has 2 rings (SSSR count). The van der Waals surface area contributed by atoms with E-state index >= 15 is 0 Å². The van der Waals surface area contributed by atoms with Crippen LogP contribution in [-0.4, -0.2) is 11.7 Å². The van der Waals surface area contributed by atoms with Crippen LogP contribution in [-0.2, 0) is 4.79 Å². The lowest BCUT2D eigenvalue weighted by molar-refractivity contribution is -0.114. The topological polar surface area (TPSA) is 60.2 Å². The highest BCUT2D eigenvalue weighted by Crippen LogP contribution is 2.32. The molecule has 0 bridgehead atoms. The lowest BCUT2D eigenvalue weighted by Gasteiger charge is -1.97. The van der Waals surface area contributed by atoms with E-state index in [1.807, 2.05) is 0 Å². The number of amides is 1. The second kappa shape index (κ2) is 3.20. The summed E-state index contributed by atoms with van der Waals surface area (Å²) in [5.41, 5.74) is 6.98. The highest BCUT2D eigenvalue weighted by Gasteiger charge is 2.30. The van der Waals surface area contributed by atoms with E-state index in [4.69, 9.17) is 5.73 Å². The number of fused-ring (bicyclic) bond motifs is 1. The maximum absolute atomic E-state index is 11.8. The molecule has 0 saturated carbocycles. The summed E-state index contributed by atoms with van der Waals surface area (Å²) in [5, 5.41) is 0. The van der Waals surface area contributed by atoms with Crippen LogP contribution < -0.4 is 5.73 Å². The number of Topliss-reactive ketones (excluding diaryl/α,β-unsaturated/α-hetero) is 1. The lowest BCUT2D eigenvalue weighted by Crippen LogP contribution is -2.18. The third kappa shape index (κ3) is 1.21. The summed E-state index contributed by atoms with van der Waals surface area (Å²) in [5.74, 6) is -1.01. The van der Waals surface area contributed by atoms with Gasteiger partial charge >= 0.3 is 0 Å². The van der Waals surface area contributed by atoms with Gasteiger partial charge < -0.3 is 5.73 Å². The van der Waals surface area contributed by atoms with E-state index in [2.05, 4.69) is 6.58 Å². The first-order valence-corrected chi connectivity index (χ1v) is 4.47. The van der Waals surface area contributed by atoms with E-state index < -0.39 is 5.91 Å². The Bertz CT molecular complexity index is 512. The van der Waals surface area contributed by atoms with Gasteiger partial charge in [-0.1, -0.05) is 36.9 Å². The summed E-state index contributed by atoms with van der Waals surface area (Å²) in [6.45, 7) is 3.59. The number of carbonyl (C=O) groups is 2. The highest BCUT2D eigenvalue weighted by molar-refractivity contribution is 6.35. The number of hydrogen-bond donors (Lipinski definition) is 1. The molecule has 0 saturated heterocycles. The van der Waals surface area contributed by atoms with E-state index in [0.717, 1.165) is 5.56 Å². The van der Waals surface area contributed by atoms with Gasteiger partial charge in [0.15, 0.2) is 5.78 Å². The number of hydrogen-bond acceptors (Lipinski definition) is 2. The van der Waals surface area contributed by atoms with Crippen LogP contribution >= 0.6 is 0 Å². The summed E-state index contributed by atoms with van der Waals surface area (Å²) >= 11 is 0. The highest BCUT2D eigenvalue weighted by atomic mass is 16.2. The third-order valence-corrected chi connectivity index (χ3v) is 2.41. The Hall–Kier alpha value is -2.16. The van der Waals surface area contributed by atoms with Crippen LogP contribution in [0, 0.1) is 0 Å². The Morgan fingerprint density at radius 2 is 1.87 bits per heavy atom. The van der Waals surface area contributed by atoms with Crippen LogP contribution in [0.5, 0.6) is 0 Å². The van der Waals surface area contributed by atoms with Gasteiger partial charge in [-0.2, -0.15) is 0 Å². The number of allylic oxidation sites excluding steroid dienone is 2. The smallest absolute Gasteiger partial charge is 0.253 e. The summed E-state index contributed by atoms with van der Waals surface area (Å²) in [6.07, 6.45) is 1.49. The van der Waals surface area contributed by atoms with Gasteiger partial charge in [-0.3, -0.25) is 9.59 Å². The van der Waals surface area contributed by atoms with Crippen molar-refractivity contribution in [3.05, 3.63) is 53.6 Å². The number of carbonyl (C=O) groups excluding carboxylic acids is 2. The Morgan fingerprint density at radius 1 is 1.27 bits per heavy atom. The van der Waals surface area contributed by atoms with Gasteiger partial charge in [0, 0.05) is 5.56 Å². The second-order valence-corrected chi connectivity index (χ2v) is 3.23. The van der Waals surface area contributed by atoms with E-state index in [1.54, 1.807) is 24.3 Å². The molecule has 0 unspecified atom stereocenters. The van der Waals surface area contributed by atoms with Crippen LogP contribution in [0.1, 0.15) is 15.9 Å². The van der Waals surface area contributed by atoms with Crippen molar-refractivity contribution in [2.75, 3.05) is 0 Å². The maximum atomic E-state index is 11.8. The zero-order valence-corrected chi connectivity index (χ0v) is 7.99. The molecule has 0 heterocycles. The first-order chi connectivity index (χ1) is 7.16. The molecular weight excluding hydrogens is 190 g/mol. The van der Waals surface area contributed by atoms with Crippen LogP contribution in [0.3, 0.4) is 0 Å². The van der Waals surface area contributed by atoms with Crippen molar-refractivity contribution in [1.29, 1.82) is 0 Å². The van der Waals surface area contributed by atoms with Crippen molar-refractivity contribution < 1.29 is 9.59 Å². The normalized spacial score (nSPS) is 14.0. The van der Waals surface area contributed by atoms with Gasteiger partial charge in [0.2, 0.25) is 0 Å². The summed E-state index contributed by atoms with van der Waals surface area (Å²) in [6, 6.07) is 7.01. The van der Waals surface area contributed by atoms with Crippen LogP contribution in [0.15, 0.2) is 42.5 Å². The Balaban J connectivity index is 2.74. The molecule has 1 amide bonds. The first kappa shape index (κ1) is 9.40. The largest absolute Gasteiger partial charge is 0.365 e. The van der Waals surface area contributed by atoms with Crippen molar-refractivity contribution in [2.24, 2.45) is 5.73 Å². The van der Waals surface area contributed by atoms with E-state index in [-0.39, 0.29) is 11.4 Å². The van der Waals surface area contributed by atoms with E-state index in [9.17, 15) is 9.59 Å². The standard InChI is InChI=1S/C12H9NO2/c1-2-7-8-5-3-4-6-9(8)11(14)10(7)12(13)15/h2-6H,1H2,(H2,13,15). The van der Waals surface area contributed by atoms with Crippen molar-refractivity contribution in [3.8, 4) is 0 Å². The molecule has 0 atom stereocenters. The molecule has 0 spiro atoms. The summed E-state index contributed by atoms with van der Waals surface area (Å²) in [4.78, 5) is 22.9. The molecule has 3 heteroatoms.